The highest BCUT2D eigenvalue weighted by molar-refractivity contribution is 6.35. The first-order chi connectivity index (χ1) is 12.1. The van der Waals surface area contributed by atoms with Gasteiger partial charge in [-0.25, -0.2) is 4.98 Å². The molecule has 0 bridgehead atoms. The van der Waals surface area contributed by atoms with Crippen molar-refractivity contribution in [3.63, 3.8) is 0 Å². The van der Waals surface area contributed by atoms with Crippen molar-refractivity contribution in [1.82, 2.24) is 14.8 Å². The number of piperazine rings is 1. The molecule has 0 radical (unpaired) electrons. The van der Waals surface area contributed by atoms with Gasteiger partial charge in [-0.15, -0.1) is 0 Å². The molecule has 6 heteroatoms. The van der Waals surface area contributed by atoms with E-state index in [4.69, 9.17) is 26.4 Å². The minimum Gasteiger partial charge on any atom is -0.489 e. The van der Waals surface area contributed by atoms with E-state index in [2.05, 4.69) is 9.80 Å². The second kappa shape index (κ2) is 8.32. The number of hydrogen-bond donors (Lipinski definition) is 1. The summed E-state index contributed by atoms with van der Waals surface area (Å²) in [5, 5.41) is 10.7. The first-order valence-electron chi connectivity index (χ1n) is 8.87. The summed E-state index contributed by atoms with van der Waals surface area (Å²) in [6.07, 6.45) is 0.0921. The van der Waals surface area contributed by atoms with Crippen LogP contribution in [0.4, 0.5) is 0 Å². The predicted molar refractivity (Wildman–Crippen MR) is 101 cm³/mol. The van der Waals surface area contributed by atoms with Crippen LogP contribution in [0.1, 0.15) is 19.5 Å². The van der Waals surface area contributed by atoms with E-state index in [1.54, 1.807) is 0 Å². The van der Waals surface area contributed by atoms with Gasteiger partial charge in [0.2, 0.25) is 0 Å². The molecule has 1 N–H and O–H groups in total. The third kappa shape index (κ3) is 4.61. The lowest BCUT2D eigenvalue weighted by Crippen LogP contribution is -2.46. The van der Waals surface area contributed by atoms with Crippen molar-refractivity contribution in [1.29, 1.82) is 0 Å². The van der Waals surface area contributed by atoms with Crippen LogP contribution in [0.15, 0.2) is 24.3 Å². The highest BCUT2D eigenvalue weighted by atomic mass is 35.5. The number of aliphatic hydroxyl groups excluding tert-OH is 1. The van der Waals surface area contributed by atoms with E-state index in [1.165, 1.54) is 0 Å². The molecule has 2 heterocycles. The van der Waals surface area contributed by atoms with Gasteiger partial charge in [0, 0.05) is 44.7 Å². The summed E-state index contributed by atoms with van der Waals surface area (Å²) in [5.41, 5.74) is 1.86. The number of benzene rings is 1. The van der Waals surface area contributed by atoms with E-state index in [-0.39, 0.29) is 12.7 Å². The van der Waals surface area contributed by atoms with Crippen LogP contribution in [-0.4, -0.2) is 65.3 Å². The quantitative estimate of drug-likeness (QED) is 0.855. The minimum atomic E-state index is 0.0921. The number of pyridine rings is 1. The zero-order chi connectivity index (χ0) is 17.8. The molecular formula is C19H26ClN3O2. The maximum Gasteiger partial charge on any atom is 0.146 e. The van der Waals surface area contributed by atoms with Crippen molar-refractivity contribution in [2.24, 2.45) is 0 Å². The van der Waals surface area contributed by atoms with Crippen LogP contribution in [0.2, 0.25) is 5.02 Å². The van der Waals surface area contributed by atoms with Gasteiger partial charge in [-0.05, 0) is 38.1 Å². The molecule has 0 amide bonds. The van der Waals surface area contributed by atoms with Gasteiger partial charge in [0.15, 0.2) is 0 Å². The fourth-order valence-corrected chi connectivity index (χ4v) is 3.39. The first kappa shape index (κ1) is 18.4. The molecule has 1 aromatic heterocycles. The third-order valence-electron chi connectivity index (χ3n) is 4.45. The smallest absolute Gasteiger partial charge is 0.146 e. The van der Waals surface area contributed by atoms with Crippen molar-refractivity contribution in [3.8, 4) is 5.75 Å². The van der Waals surface area contributed by atoms with Gasteiger partial charge in [-0.3, -0.25) is 9.80 Å². The number of halogens is 1. The van der Waals surface area contributed by atoms with Gasteiger partial charge >= 0.3 is 0 Å². The lowest BCUT2D eigenvalue weighted by Gasteiger charge is -2.34. The lowest BCUT2D eigenvalue weighted by molar-refractivity contribution is 0.108. The molecule has 25 heavy (non-hydrogen) atoms. The summed E-state index contributed by atoms with van der Waals surface area (Å²) >= 11 is 6.32. The molecule has 0 saturated carbocycles. The monoisotopic (exact) mass is 363 g/mol. The molecule has 0 aliphatic carbocycles. The number of aromatic nitrogens is 1. The van der Waals surface area contributed by atoms with Crippen molar-refractivity contribution < 1.29 is 9.84 Å². The van der Waals surface area contributed by atoms with Crippen LogP contribution in [-0.2, 0) is 6.54 Å². The van der Waals surface area contributed by atoms with Crippen molar-refractivity contribution >= 4 is 22.5 Å². The second-order valence-corrected chi connectivity index (χ2v) is 7.16. The highest BCUT2D eigenvalue weighted by Gasteiger charge is 2.17. The number of rotatable bonds is 6. The number of ether oxygens (including phenoxy) is 1. The summed E-state index contributed by atoms with van der Waals surface area (Å²) in [5.74, 6) is 0.781. The van der Waals surface area contributed by atoms with Gasteiger partial charge in [-0.2, -0.15) is 0 Å². The summed E-state index contributed by atoms with van der Waals surface area (Å²) in [6.45, 7) is 9.78. The molecule has 1 fully saturated rings. The maximum atomic E-state index is 9.04. The van der Waals surface area contributed by atoms with Crippen molar-refractivity contribution in [2.45, 2.75) is 26.5 Å². The Balaban J connectivity index is 1.76. The van der Waals surface area contributed by atoms with Gasteiger partial charge in [0.1, 0.15) is 11.3 Å². The average Bonchev–Trinajstić information content (AvgIpc) is 2.59. The Hall–Kier alpha value is -1.40. The Morgan fingerprint density at radius 1 is 1.12 bits per heavy atom. The standard InChI is InChI=1S/C19H26ClN3O2/c1-14(2)25-18-6-5-17(20)16-4-3-15(21-19(16)18)13-23-9-7-22(8-10-23)11-12-24/h3-6,14,24H,7-13H2,1-2H3. The number of aliphatic hydroxyl groups is 1. The highest BCUT2D eigenvalue weighted by Crippen LogP contribution is 2.31. The number of fused-ring (bicyclic) bond motifs is 1. The lowest BCUT2D eigenvalue weighted by atomic mass is 10.1. The Morgan fingerprint density at radius 2 is 1.84 bits per heavy atom. The van der Waals surface area contributed by atoms with Gasteiger partial charge in [-0.1, -0.05) is 11.6 Å². The molecule has 3 rings (SSSR count). The van der Waals surface area contributed by atoms with E-state index >= 15 is 0 Å². The average molecular weight is 364 g/mol. The van der Waals surface area contributed by atoms with Gasteiger partial charge in [0.25, 0.3) is 0 Å². The summed E-state index contributed by atoms with van der Waals surface area (Å²) in [7, 11) is 0. The molecule has 1 aromatic carbocycles. The van der Waals surface area contributed by atoms with Crippen LogP contribution in [0.5, 0.6) is 5.75 Å². The van der Waals surface area contributed by atoms with Crippen LogP contribution in [0.3, 0.4) is 0 Å². The molecule has 1 aliphatic heterocycles. The first-order valence-corrected chi connectivity index (χ1v) is 9.25. The topological polar surface area (TPSA) is 48.8 Å². The molecule has 1 saturated heterocycles. The number of nitrogens with zero attached hydrogens (tertiary/aromatic N) is 3. The fourth-order valence-electron chi connectivity index (χ4n) is 3.18. The Kier molecular flexibility index (Phi) is 6.12. The summed E-state index contributed by atoms with van der Waals surface area (Å²) in [6, 6.07) is 7.85. The van der Waals surface area contributed by atoms with E-state index < -0.39 is 0 Å². The SMILES string of the molecule is CC(C)Oc1ccc(Cl)c2ccc(CN3CCN(CCO)CC3)nc12. The Bertz CT molecular complexity index is 715. The Morgan fingerprint density at radius 3 is 2.52 bits per heavy atom. The molecule has 5 nitrogen and oxygen atoms in total. The third-order valence-corrected chi connectivity index (χ3v) is 4.78. The predicted octanol–water partition coefficient (Wildman–Crippen LogP) is 2.79. The van der Waals surface area contributed by atoms with Crippen LogP contribution in [0, 0.1) is 0 Å². The molecule has 0 unspecified atom stereocenters. The second-order valence-electron chi connectivity index (χ2n) is 6.75. The molecule has 1 aliphatic rings. The molecule has 0 atom stereocenters. The molecule has 0 spiro atoms. The summed E-state index contributed by atoms with van der Waals surface area (Å²) in [4.78, 5) is 9.52. The van der Waals surface area contributed by atoms with Crippen molar-refractivity contribution in [2.75, 3.05) is 39.3 Å². The zero-order valence-electron chi connectivity index (χ0n) is 14.9. The number of β-amino-alcohol motifs (C(OH)–C–C–N with tert-alkyl or cyclic N) is 1. The van der Waals surface area contributed by atoms with E-state index in [0.29, 0.717) is 5.02 Å². The largest absolute Gasteiger partial charge is 0.489 e. The van der Waals surface area contributed by atoms with Gasteiger partial charge < -0.3 is 9.84 Å². The summed E-state index contributed by atoms with van der Waals surface area (Å²) < 4.78 is 5.90. The molecule has 136 valence electrons. The normalized spacial score (nSPS) is 16.7. The van der Waals surface area contributed by atoms with Crippen LogP contribution >= 0.6 is 11.6 Å². The molecule has 2 aromatic rings. The van der Waals surface area contributed by atoms with Gasteiger partial charge in [0.05, 0.1) is 23.4 Å². The van der Waals surface area contributed by atoms with Crippen molar-refractivity contribution in [3.05, 3.63) is 35.0 Å². The zero-order valence-corrected chi connectivity index (χ0v) is 15.7. The van der Waals surface area contributed by atoms with Crippen LogP contribution in [0.25, 0.3) is 10.9 Å². The molecular weight excluding hydrogens is 338 g/mol. The van der Waals surface area contributed by atoms with E-state index in [0.717, 1.165) is 61.6 Å². The van der Waals surface area contributed by atoms with E-state index in [9.17, 15) is 0 Å². The van der Waals surface area contributed by atoms with E-state index in [1.807, 2.05) is 38.1 Å². The Labute approximate surface area is 154 Å². The van der Waals surface area contributed by atoms with Crippen LogP contribution < -0.4 is 4.74 Å². The maximum absolute atomic E-state index is 9.04. The minimum absolute atomic E-state index is 0.0921. The number of hydrogen-bond acceptors (Lipinski definition) is 5. The fraction of sp³-hybridized carbons (Fsp3) is 0.526.